The van der Waals surface area contributed by atoms with Gasteiger partial charge in [-0.25, -0.2) is 0 Å². The molecule has 2 nitrogen and oxygen atoms in total. The zero-order chi connectivity index (χ0) is 14.5. The molecule has 1 aromatic rings. The van der Waals surface area contributed by atoms with Gasteiger partial charge >= 0.3 is 0 Å². The van der Waals surface area contributed by atoms with Crippen LogP contribution in [0.2, 0.25) is 0 Å². The SMILES string of the molecule is COc1ccccc1CC1CCC(N2CCCCC2)CC1.Cl. The van der Waals surface area contributed by atoms with E-state index in [9.17, 15) is 0 Å². The molecule has 22 heavy (non-hydrogen) atoms. The first-order chi connectivity index (χ1) is 10.4. The van der Waals surface area contributed by atoms with Gasteiger partial charge in [-0.05, 0) is 75.6 Å². The van der Waals surface area contributed by atoms with Gasteiger partial charge in [0.15, 0.2) is 0 Å². The first-order valence-corrected chi connectivity index (χ1v) is 8.73. The molecule has 124 valence electrons. The highest BCUT2D eigenvalue weighted by molar-refractivity contribution is 5.85. The van der Waals surface area contributed by atoms with E-state index in [0.29, 0.717) is 0 Å². The monoisotopic (exact) mass is 323 g/mol. The van der Waals surface area contributed by atoms with Crippen molar-refractivity contribution in [1.29, 1.82) is 0 Å². The Hall–Kier alpha value is -0.730. The summed E-state index contributed by atoms with van der Waals surface area (Å²) >= 11 is 0. The average Bonchev–Trinajstić information content (AvgIpc) is 2.57. The molecule has 2 fully saturated rings. The predicted molar refractivity (Wildman–Crippen MR) is 95.1 cm³/mol. The summed E-state index contributed by atoms with van der Waals surface area (Å²) < 4.78 is 5.49. The van der Waals surface area contributed by atoms with Crippen molar-refractivity contribution < 1.29 is 4.74 Å². The molecule has 0 bridgehead atoms. The molecule has 1 saturated carbocycles. The molecule has 1 aliphatic heterocycles. The van der Waals surface area contributed by atoms with Crippen LogP contribution in [0.5, 0.6) is 5.75 Å². The maximum Gasteiger partial charge on any atom is 0.122 e. The zero-order valence-corrected chi connectivity index (χ0v) is 14.6. The Kier molecular flexibility index (Phi) is 7.04. The smallest absolute Gasteiger partial charge is 0.122 e. The van der Waals surface area contributed by atoms with E-state index < -0.39 is 0 Å². The van der Waals surface area contributed by atoms with Gasteiger partial charge in [0.1, 0.15) is 5.75 Å². The Bertz CT molecular complexity index is 437. The third-order valence-corrected chi connectivity index (χ3v) is 5.42. The molecule has 3 rings (SSSR count). The second kappa shape index (κ2) is 8.79. The van der Waals surface area contributed by atoms with Gasteiger partial charge in [-0.3, -0.25) is 0 Å². The summed E-state index contributed by atoms with van der Waals surface area (Å²) in [4.78, 5) is 2.77. The van der Waals surface area contributed by atoms with Crippen LogP contribution in [-0.4, -0.2) is 31.1 Å². The third kappa shape index (κ3) is 4.39. The maximum absolute atomic E-state index is 5.49. The summed E-state index contributed by atoms with van der Waals surface area (Å²) in [5.74, 6) is 1.91. The van der Waals surface area contributed by atoms with Crippen LogP contribution in [0.25, 0.3) is 0 Å². The summed E-state index contributed by atoms with van der Waals surface area (Å²) in [5.41, 5.74) is 1.39. The van der Waals surface area contributed by atoms with Gasteiger partial charge in [-0.2, -0.15) is 0 Å². The Balaban J connectivity index is 0.00000176. The van der Waals surface area contributed by atoms with Gasteiger partial charge in [0.25, 0.3) is 0 Å². The van der Waals surface area contributed by atoms with Crippen molar-refractivity contribution in [2.45, 2.75) is 57.4 Å². The minimum absolute atomic E-state index is 0. The average molecular weight is 324 g/mol. The molecule has 2 aliphatic rings. The minimum Gasteiger partial charge on any atom is -0.496 e. The normalized spacial score (nSPS) is 26.2. The van der Waals surface area contributed by atoms with E-state index in [1.165, 1.54) is 70.0 Å². The Morgan fingerprint density at radius 1 is 1.00 bits per heavy atom. The van der Waals surface area contributed by atoms with Crippen LogP contribution in [0.15, 0.2) is 24.3 Å². The highest BCUT2D eigenvalue weighted by atomic mass is 35.5. The second-order valence-corrected chi connectivity index (χ2v) is 6.79. The lowest BCUT2D eigenvalue weighted by Gasteiger charge is -2.39. The number of halogens is 1. The fourth-order valence-electron chi connectivity index (χ4n) is 4.18. The Morgan fingerprint density at radius 3 is 2.36 bits per heavy atom. The van der Waals surface area contributed by atoms with E-state index in [1.807, 2.05) is 0 Å². The van der Waals surface area contributed by atoms with Crippen molar-refractivity contribution in [3.8, 4) is 5.75 Å². The molecule has 0 atom stereocenters. The maximum atomic E-state index is 5.49. The van der Waals surface area contributed by atoms with Crippen molar-refractivity contribution >= 4 is 12.4 Å². The van der Waals surface area contributed by atoms with Crippen molar-refractivity contribution in [2.24, 2.45) is 5.92 Å². The lowest BCUT2D eigenvalue weighted by Crippen LogP contribution is -2.41. The van der Waals surface area contributed by atoms with Crippen LogP contribution in [-0.2, 0) is 6.42 Å². The lowest BCUT2D eigenvalue weighted by molar-refractivity contribution is 0.114. The molecular weight excluding hydrogens is 294 g/mol. The molecule has 0 amide bonds. The minimum atomic E-state index is 0. The molecular formula is C19H30ClNO. The van der Waals surface area contributed by atoms with Crippen LogP contribution in [0.1, 0.15) is 50.5 Å². The summed E-state index contributed by atoms with van der Waals surface area (Å²) in [5, 5.41) is 0. The van der Waals surface area contributed by atoms with Gasteiger partial charge < -0.3 is 9.64 Å². The van der Waals surface area contributed by atoms with E-state index in [-0.39, 0.29) is 12.4 Å². The summed E-state index contributed by atoms with van der Waals surface area (Å²) in [6.07, 6.45) is 11.1. The number of benzene rings is 1. The first kappa shape index (κ1) is 17.6. The zero-order valence-electron chi connectivity index (χ0n) is 13.8. The van der Waals surface area contributed by atoms with Crippen molar-refractivity contribution in [2.75, 3.05) is 20.2 Å². The molecule has 1 saturated heterocycles. The quantitative estimate of drug-likeness (QED) is 0.796. The number of nitrogens with zero attached hydrogens (tertiary/aromatic N) is 1. The standard InChI is InChI=1S/C19H29NO.ClH/c1-21-19-8-4-3-7-17(19)15-16-9-11-18(12-10-16)20-13-5-2-6-14-20;/h3-4,7-8,16,18H,2,5-6,9-15H2,1H3;1H. The number of para-hydroxylation sites is 1. The topological polar surface area (TPSA) is 12.5 Å². The molecule has 0 unspecified atom stereocenters. The van der Waals surface area contributed by atoms with E-state index in [4.69, 9.17) is 4.74 Å². The third-order valence-electron chi connectivity index (χ3n) is 5.42. The molecule has 1 heterocycles. The van der Waals surface area contributed by atoms with E-state index in [1.54, 1.807) is 7.11 Å². The van der Waals surface area contributed by atoms with E-state index >= 15 is 0 Å². The van der Waals surface area contributed by atoms with Crippen LogP contribution in [0.3, 0.4) is 0 Å². The molecule has 0 radical (unpaired) electrons. The van der Waals surface area contributed by atoms with Gasteiger partial charge in [0.2, 0.25) is 0 Å². The molecule has 0 spiro atoms. The Morgan fingerprint density at radius 2 is 1.68 bits per heavy atom. The van der Waals surface area contributed by atoms with Gasteiger partial charge in [0, 0.05) is 6.04 Å². The molecule has 1 aliphatic carbocycles. The fraction of sp³-hybridized carbons (Fsp3) is 0.684. The number of piperidine rings is 1. The Labute approximate surface area is 141 Å². The number of methoxy groups -OCH3 is 1. The second-order valence-electron chi connectivity index (χ2n) is 6.79. The van der Waals surface area contributed by atoms with Crippen molar-refractivity contribution in [3.63, 3.8) is 0 Å². The van der Waals surface area contributed by atoms with Crippen LogP contribution >= 0.6 is 12.4 Å². The van der Waals surface area contributed by atoms with Gasteiger partial charge in [0.05, 0.1) is 7.11 Å². The summed E-state index contributed by atoms with van der Waals surface area (Å²) in [6.45, 7) is 2.70. The number of rotatable bonds is 4. The number of hydrogen-bond acceptors (Lipinski definition) is 2. The van der Waals surface area contributed by atoms with Crippen molar-refractivity contribution in [3.05, 3.63) is 29.8 Å². The molecule has 0 aromatic heterocycles. The number of hydrogen-bond donors (Lipinski definition) is 0. The van der Waals surface area contributed by atoms with Crippen molar-refractivity contribution in [1.82, 2.24) is 4.90 Å². The van der Waals surface area contributed by atoms with E-state index in [0.717, 1.165) is 17.7 Å². The first-order valence-electron chi connectivity index (χ1n) is 8.73. The molecule has 1 aromatic carbocycles. The van der Waals surface area contributed by atoms with Crippen LogP contribution < -0.4 is 4.74 Å². The van der Waals surface area contributed by atoms with Crippen LogP contribution in [0, 0.1) is 5.92 Å². The number of ether oxygens (including phenoxy) is 1. The lowest BCUT2D eigenvalue weighted by atomic mass is 9.81. The number of likely N-dealkylation sites (tertiary alicyclic amines) is 1. The van der Waals surface area contributed by atoms with Gasteiger partial charge in [-0.1, -0.05) is 24.6 Å². The van der Waals surface area contributed by atoms with E-state index in [2.05, 4.69) is 29.2 Å². The summed E-state index contributed by atoms with van der Waals surface area (Å²) in [6, 6.07) is 9.40. The highest BCUT2D eigenvalue weighted by Gasteiger charge is 2.27. The predicted octanol–water partition coefficient (Wildman–Crippen LogP) is 4.70. The molecule has 3 heteroatoms. The van der Waals surface area contributed by atoms with Crippen LogP contribution in [0.4, 0.5) is 0 Å². The molecule has 0 N–H and O–H groups in total. The van der Waals surface area contributed by atoms with Gasteiger partial charge in [-0.15, -0.1) is 12.4 Å². The highest BCUT2D eigenvalue weighted by Crippen LogP contribution is 2.33. The fourth-order valence-corrected chi connectivity index (χ4v) is 4.18. The summed E-state index contributed by atoms with van der Waals surface area (Å²) in [7, 11) is 1.78. The largest absolute Gasteiger partial charge is 0.496 e.